The monoisotopic (exact) mass is 474 g/mol. The van der Waals surface area contributed by atoms with Crippen LogP contribution in [0.2, 0.25) is 0 Å². The number of ketones is 1. The number of hydrogen-bond donors (Lipinski definition) is 1. The molecule has 0 bridgehead atoms. The van der Waals surface area contributed by atoms with E-state index >= 15 is 0 Å². The quantitative estimate of drug-likeness (QED) is 0.662. The zero-order valence-corrected chi connectivity index (χ0v) is 18.5. The molecule has 178 valence electrons. The third-order valence-electron chi connectivity index (χ3n) is 6.15. The molecular formula is C25H22F4N2O3. The Morgan fingerprint density at radius 2 is 1.62 bits per heavy atom. The minimum atomic E-state index is -5.35. The van der Waals surface area contributed by atoms with Gasteiger partial charge in [-0.05, 0) is 29.5 Å². The molecule has 2 aliphatic rings. The average molecular weight is 474 g/mol. The van der Waals surface area contributed by atoms with Crippen molar-refractivity contribution >= 4 is 17.6 Å². The van der Waals surface area contributed by atoms with E-state index in [2.05, 4.69) is 0 Å². The Morgan fingerprint density at radius 1 is 1.00 bits per heavy atom. The summed E-state index contributed by atoms with van der Waals surface area (Å²) in [5.41, 5.74) is -5.26. The van der Waals surface area contributed by atoms with Crippen molar-refractivity contribution in [2.45, 2.75) is 44.9 Å². The van der Waals surface area contributed by atoms with Gasteiger partial charge in [0.2, 0.25) is 5.54 Å². The number of halogens is 4. The number of carbonyl (C=O) groups is 3. The molecule has 1 N–H and O–H groups in total. The topological polar surface area (TPSA) is 66.5 Å². The predicted molar refractivity (Wildman–Crippen MR) is 115 cm³/mol. The highest BCUT2D eigenvalue weighted by atomic mass is 19.4. The number of hydrogen-bond acceptors (Lipinski definition) is 3. The van der Waals surface area contributed by atoms with Gasteiger partial charge in [-0.1, -0.05) is 56.3 Å². The lowest BCUT2D eigenvalue weighted by atomic mass is 9.72. The summed E-state index contributed by atoms with van der Waals surface area (Å²) >= 11 is 0. The van der Waals surface area contributed by atoms with Crippen LogP contribution in [0.3, 0.4) is 0 Å². The molecule has 5 nitrogen and oxygen atoms in total. The summed E-state index contributed by atoms with van der Waals surface area (Å²) in [5, 5.41) is 1.74. The molecule has 2 aromatic rings. The molecule has 1 aliphatic carbocycles. The Kier molecular flexibility index (Phi) is 5.62. The SMILES string of the molecule is CC1(C)CC(=O)C2=C(C1)N(Cc1ccccc1)C(=O)[C@]2(NC(=O)c1ccccc1F)C(F)(F)F. The number of Topliss-reactive ketones (excluding diaryl/α,β-unsaturated/α-hetero) is 1. The van der Waals surface area contributed by atoms with Crippen LogP contribution in [0.4, 0.5) is 17.6 Å². The van der Waals surface area contributed by atoms with Crippen LogP contribution < -0.4 is 5.32 Å². The molecule has 0 unspecified atom stereocenters. The minimum absolute atomic E-state index is 0.0278. The highest BCUT2D eigenvalue weighted by Gasteiger charge is 2.71. The van der Waals surface area contributed by atoms with Crippen molar-refractivity contribution in [1.29, 1.82) is 0 Å². The maximum Gasteiger partial charge on any atom is 0.425 e. The molecule has 0 saturated heterocycles. The standard InChI is InChI=1S/C25H22F4N2O3/c1-23(2)12-18-20(19(32)13-23)24(25(27,28)29,30-21(33)16-10-6-7-11-17(16)26)22(34)31(18)14-15-8-4-3-5-9-15/h3-11H,12-14H2,1-2H3,(H,30,33)/t24-/m0/s1. The third kappa shape index (κ3) is 3.78. The number of rotatable bonds is 4. The van der Waals surface area contributed by atoms with Crippen LogP contribution in [-0.2, 0) is 16.1 Å². The van der Waals surface area contributed by atoms with Gasteiger partial charge in [-0.15, -0.1) is 0 Å². The first kappa shape index (κ1) is 23.7. The number of benzene rings is 2. The lowest BCUT2D eigenvalue weighted by molar-refractivity contribution is -0.190. The van der Waals surface area contributed by atoms with Crippen molar-refractivity contribution in [2.75, 3.05) is 0 Å². The van der Waals surface area contributed by atoms with Crippen LogP contribution in [-0.4, -0.2) is 34.2 Å². The van der Waals surface area contributed by atoms with E-state index in [9.17, 15) is 31.9 Å². The first-order valence-corrected chi connectivity index (χ1v) is 10.6. The second-order valence-electron chi connectivity index (χ2n) is 9.32. The molecule has 4 rings (SSSR count). The van der Waals surface area contributed by atoms with Crippen molar-refractivity contribution in [1.82, 2.24) is 10.2 Å². The molecule has 9 heteroatoms. The van der Waals surface area contributed by atoms with Gasteiger partial charge in [0.25, 0.3) is 11.8 Å². The number of allylic oxidation sites excluding steroid dienone is 1. The van der Waals surface area contributed by atoms with Gasteiger partial charge in [-0.25, -0.2) is 4.39 Å². The Balaban J connectivity index is 1.89. The van der Waals surface area contributed by atoms with Crippen LogP contribution in [0.5, 0.6) is 0 Å². The molecule has 0 spiro atoms. The molecule has 34 heavy (non-hydrogen) atoms. The summed E-state index contributed by atoms with van der Waals surface area (Å²) in [6.07, 6.45) is -5.56. The molecule has 2 aromatic carbocycles. The molecule has 2 amide bonds. The van der Waals surface area contributed by atoms with Crippen molar-refractivity contribution in [2.24, 2.45) is 5.41 Å². The second-order valence-corrected chi connectivity index (χ2v) is 9.32. The molecule has 1 atom stereocenters. The van der Waals surface area contributed by atoms with Crippen molar-refractivity contribution in [3.8, 4) is 0 Å². The molecule has 0 aromatic heterocycles. The predicted octanol–water partition coefficient (Wildman–Crippen LogP) is 4.54. The van der Waals surface area contributed by atoms with Crippen LogP contribution >= 0.6 is 0 Å². The van der Waals surface area contributed by atoms with Gasteiger partial charge in [0, 0.05) is 12.1 Å². The summed E-state index contributed by atoms with van der Waals surface area (Å²) < 4.78 is 58.4. The van der Waals surface area contributed by atoms with Gasteiger partial charge in [0.1, 0.15) is 5.82 Å². The first-order valence-electron chi connectivity index (χ1n) is 10.6. The zero-order valence-electron chi connectivity index (χ0n) is 18.5. The number of carbonyl (C=O) groups excluding carboxylic acids is 3. The van der Waals surface area contributed by atoms with Crippen molar-refractivity contribution in [3.63, 3.8) is 0 Å². The van der Waals surface area contributed by atoms with Gasteiger partial charge >= 0.3 is 6.18 Å². The third-order valence-corrected chi connectivity index (χ3v) is 6.15. The highest BCUT2D eigenvalue weighted by molar-refractivity contribution is 6.14. The summed E-state index contributed by atoms with van der Waals surface area (Å²) in [7, 11) is 0. The summed E-state index contributed by atoms with van der Waals surface area (Å²) in [5.74, 6) is -4.84. The average Bonchev–Trinajstić information content (AvgIpc) is 2.97. The van der Waals surface area contributed by atoms with Gasteiger partial charge in [-0.2, -0.15) is 13.2 Å². The van der Waals surface area contributed by atoms with Crippen LogP contribution in [0.15, 0.2) is 65.9 Å². The molecule has 1 aliphatic heterocycles. The zero-order chi connectivity index (χ0) is 24.9. The lowest BCUT2D eigenvalue weighted by Crippen LogP contribution is -2.66. The Labute approximate surface area is 193 Å². The second kappa shape index (κ2) is 8.07. The van der Waals surface area contributed by atoms with Crippen molar-refractivity contribution in [3.05, 3.63) is 82.8 Å². The lowest BCUT2D eigenvalue weighted by Gasteiger charge is -2.35. The Morgan fingerprint density at radius 3 is 2.24 bits per heavy atom. The Bertz CT molecular complexity index is 1200. The maximum atomic E-state index is 14.7. The van der Waals surface area contributed by atoms with Crippen LogP contribution in [0, 0.1) is 11.2 Å². The van der Waals surface area contributed by atoms with Crippen molar-refractivity contribution < 1.29 is 31.9 Å². The van der Waals surface area contributed by atoms with E-state index in [1.807, 2.05) is 0 Å². The van der Waals surface area contributed by atoms with E-state index in [1.165, 1.54) is 12.1 Å². The van der Waals surface area contributed by atoms with E-state index < -0.39 is 51.7 Å². The van der Waals surface area contributed by atoms with E-state index in [0.717, 1.165) is 17.0 Å². The fraction of sp³-hybridized carbons (Fsp3) is 0.320. The first-order chi connectivity index (χ1) is 15.9. The molecule has 0 radical (unpaired) electrons. The smallest absolute Gasteiger partial charge is 0.326 e. The normalized spacial score (nSPS) is 22.1. The number of nitrogens with one attached hydrogen (secondary N) is 1. The largest absolute Gasteiger partial charge is 0.425 e. The molecule has 1 heterocycles. The Hall–Kier alpha value is -3.49. The van der Waals surface area contributed by atoms with E-state index in [0.29, 0.717) is 5.56 Å². The molecule has 0 fully saturated rings. The molecular weight excluding hydrogens is 452 g/mol. The van der Waals surface area contributed by atoms with E-state index in [4.69, 9.17) is 0 Å². The summed E-state index contributed by atoms with van der Waals surface area (Å²) in [6.45, 7) is 3.24. The molecule has 0 saturated carbocycles. The summed E-state index contributed by atoms with van der Waals surface area (Å²) in [6, 6.07) is 12.9. The van der Waals surface area contributed by atoms with Crippen LogP contribution in [0.1, 0.15) is 42.6 Å². The fourth-order valence-corrected chi connectivity index (χ4v) is 4.64. The van der Waals surface area contributed by atoms with E-state index in [1.54, 1.807) is 49.5 Å². The number of alkyl halides is 3. The van der Waals surface area contributed by atoms with Crippen LogP contribution in [0.25, 0.3) is 0 Å². The fourth-order valence-electron chi connectivity index (χ4n) is 4.64. The minimum Gasteiger partial charge on any atom is -0.326 e. The summed E-state index contributed by atoms with van der Waals surface area (Å²) in [4.78, 5) is 40.4. The van der Waals surface area contributed by atoms with Gasteiger partial charge < -0.3 is 10.2 Å². The highest BCUT2D eigenvalue weighted by Crippen LogP contribution is 2.52. The van der Waals surface area contributed by atoms with Gasteiger partial charge in [0.05, 0.1) is 17.7 Å². The van der Waals surface area contributed by atoms with E-state index in [-0.39, 0.29) is 25.1 Å². The van der Waals surface area contributed by atoms with Gasteiger partial charge in [-0.3, -0.25) is 14.4 Å². The number of nitrogens with zero attached hydrogens (tertiary/aromatic N) is 1. The van der Waals surface area contributed by atoms with Gasteiger partial charge in [0.15, 0.2) is 5.78 Å². The maximum absolute atomic E-state index is 14.7. The number of amides is 2.